The number of ether oxygens (including phenoxy) is 1. The minimum atomic E-state index is -0.548. The van der Waals surface area contributed by atoms with E-state index in [9.17, 15) is 14.0 Å². The molecule has 1 aromatic carbocycles. The number of piperazine rings is 1. The van der Waals surface area contributed by atoms with Crippen molar-refractivity contribution in [2.45, 2.75) is 26.4 Å². The zero-order valence-electron chi connectivity index (χ0n) is 16.4. The Kier molecular flexibility index (Phi) is 6.42. The lowest BCUT2D eigenvalue weighted by atomic mass is 10.2. The fourth-order valence-electron chi connectivity index (χ4n) is 2.88. The average molecular weight is 485 g/mol. The Hall–Kier alpha value is -2.20. The van der Waals surface area contributed by atoms with Crippen molar-refractivity contribution >= 4 is 50.6 Å². The third-order valence-electron chi connectivity index (χ3n) is 4.19. The molecular formula is C19H22BrFN4O3S. The summed E-state index contributed by atoms with van der Waals surface area (Å²) in [7, 11) is 0. The van der Waals surface area contributed by atoms with Crippen molar-refractivity contribution in [3.63, 3.8) is 0 Å². The maximum atomic E-state index is 13.8. The Morgan fingerprint density at radius 1 is 1.24 bits per heavy atom. The van der Waals surface area contributed by atoms with E-state index in [0.29, 0.717) is 41.5 Å². The predicted molar refractivity (Wildman–Crippen MR) is 114 cm³/mol. The van der Waals surface area contributed by atoms with Gasteiger partial charge < -0.3 is 19.9 Å². The molecule has 1 N–H and O–H groups in total. The number of nitrogens with one attached hydrogen (secondary N) is 1. The number of amides is 2. The van der Waals surface area contributed by atoms with Crippen LogP contribution in [0.3, 0.4) is 0 Å². The monoisotopic (exact) mass is 484 g/mol. The van der Waals surface area contributed by atoms with E-state index in [0.717, 1.165) is 0 Å². The number of hydrogen-bond donors (Lipinski definition) is 1. The van der Waals surface area contributed by atoms with E-state index in [-0.39, 0.29) is 11.8 Å². The number of aromatic nitrogens is 1. The van der Waals surface area contributed by atoms with Gasteiger partial charge in [0.2, 0.25) is 0 Å². The molecule has 2 aromatic rings. The van der Waals surface area contributed by atoms with Crippen molar-refractivity contribution in [3.05, 3.63) is 39.0 Å². The van der Waals surface area contributed by atoms with E-state index in [2.05, 4.69) is 26.2 Å². The van der Waals surface area contributed by atoms with E-state index >= 15 is 0 Å². The van der Waals surface area contributed by atoms with Gasteiger partial charge >= 0.3 is 6.09 Å². The van der Waals surface area contributed by atoms with Crippen molar-refractivity contribution in [3.8, 4) is 0 Å². The second-order valence-corrected chi connectivity index (χ2v) is 9.69. The van der Waals surface area contributed by atoms with Crippen LogP contribution in [-0.2, 0) is 4.74 Å². The van der Waals surface area contributed by atoms with Gasteiger partial charge in [-0.25, -0.2) is 14.2 Å². The van der Waals surface area contributed by atoms with Gasteiger partial charge in [0.1, 0.15) is 17.1 Å². The summed E-state index contributed by atoms with van der Waals surface area (Å²) in [6.45, 7) is 7.50. The fraction of sp³-hybridized carbons (Fsp3) is 0.421. The molecule has 0 radical (unpaired) electrons. The van der Waals surface area contributed by atoms with Crippen LogP contribution in [0.4, 0.5) is 20.6 Å². The molecule has 1 saturated heterocycles. The molecule has 0 spiro atoms. The van der Waals surface area contributed by atoms with Gasteiger partial charge in [-0.15, -0.1) is 11.3 Å². The molecule has 0 atom stereocenters. The van der Waals surface area contributed by atoms with E-state index in [4.69, 9.17) is 4.74 Å². The number of thiazole rings is 1. The summed E-state index contributed by atoms with van der Waals surface area (Å²) in [6, 6.07) is 4.27. The van der Waals surface area contributed by atoms with Crippen LogP contribution >= 0.6 is 27.3 Å². The van der Waals surface area contributed by atoms with Crippen LogP contribution in [0, 0.1) is 5.82 Å². The number of carbonyl (C=O) groups excluding carboxylic acids is 2. The summed E-state index contributed by atoms with van der Waals surface area (Å²) in [6.07, 6.45) is -0.348. The Morgan fingerprint density at radius 2 is 1.93 bits per heavy atom. The SMILES string of the molecule is CC(C)(C)OC(=O)N1CCN(c2ccc(F)cc2NC(=O)c2csc(Br)n2)CC1. The largest absolute Gasteiger partial charge is 0.444 e. The van der Waals surface area contributed by atoms with Gasteiger partial charge in [-0.2, -0.15) is 0 Å². The highest BCUT2D eigenvalue weighted by Gasteiger charge is 2.27. The lowest BCUT2D eigenvalue weighted by Gasteiger charge is -2.37. The quantitative estimate of drug-likeness (QED) is 0.700. The zero-order chi connectivity index (χ0) is 21.2. The van der Waals surface area contributed by atoms with Gasteiger partial charge in [-0.1, -0.05) is 0 Å². The predicted octanol–water partition coefficient (Wildman–Crippen LogP) is 4.35. The number of halogens is 2. The average Bonchev–Trinajstić information content (AvgIpc) is 3.07. The number of benzene rings is 1. The smallest absolute Gasteiger partial charge is 0.410 e. The first-order chi connectivity index (χ1) is 13.6. The molecule has 2 heterocycles. The van der Waals surface area contributed by atoms with Gasteiger partial charge in [0.05, 0.1) is 11.4 Å². The number of hydrogen-bond acceptors (Lipinski definition) is 6. The first kappa shape index (κ1) is 21.5. The van der Waals surface area contributed by atoms with Crippen molar-refractivity contribution < 1.29 is 18.7 Å². The van der Waals surface area contributed by atoms with Crippen LogP contribution in [0.2, 0.25) is 0 Å². The van der Waals surface area contributed by atoms with Gasteiger partial charge in [-0.3, -0.25) is 4.79 Å². The van der Waals surface area contributed by atoms with Crippen LogP contribution in [0.1, 0.15) is 31.3 Å². The highest BCUT2D eigenvalue weighted by molar-refractivity contribution is 9.11. The van der Waals surface area contributed by atoms with Crippen molar-refractivity contribution in [1.29, 1.82) is 0 Å². The molecule has 3 rings (SSSR count). The molecule has 29 heavy (non-hydrogen) atoms. The lowest BCUT2D eigenvalue weighted by molar-refractivity contribution is 0.0240. The first-order valence-corrected chi connectivity index (χ1v) is 10.7. The Balaban J connectivity index is 1.70. The minimum Gasteiger partial charge on any atom is -0.444 e. The number of rotatable bonds is 3. The first-order valence-electron chi connectivity index (χ1n) is 9.07. The Labute approximate surface area is 181 Å². The summed E-state index contributed by atoms with van der Waals surface area (Å²) < 4.78 is 19.8. The van der Waals surface area contributed by atoms with Crippen molar-refractivity contribution in [2.24, 2.45) is 0 Å². The topological polar surface area (TPSA) is 74.8 Å². The molecule has 7 nitrogen and oxygen atoms in total. The molecule has 1 aromatic heterocycles. The second kappa shape index (κ2) is 8.66. The van der Waals surface area contributed by atoms with E-state index < -0.39 is 17.3 Å². The molecule has 0 unspecified atom stereocenters. The van der Waals surface area contributed by atoms with Crippen LogP contribution in [0.15, 0.2) is 27.5 Å². The summed E-state index contributed by atoms with van der Waals surface area (Å²) >= 11 is 4.52. The van der Waals surface area contributed by atoms with Crippen LogP contribution in [-0.4, -0.2) is 53.7 Å². The normalized spacial score (nSPS) is 14.7. The third-order valence-corrected chi connectivity index (χ3v) is 5.55. The summed E-state index contributed by atoms with van der Waals surface area (Å²) in [5, 5.41) is 4.36. The summed E-state index contributed by atoms with van der Waals surface area (Å²) in [5.74, 6) is -0.859. The molecule has 156 valence electrons. The fourth-order valence-corrected chi connectivity index (χ4v) is 3.87. The van der Waals surface area contributed by atoms with Gasteiger partial charge in [0, 0.05) is 31.6 Å². The van der Waals surface area contributed by atoms with Gasteiger partial charge in [0.15, 0.2) is 3.92 Å². The molecule has 10 heteroatoms. The van der Waals surface area contributed by atoms with E-state index in [1.54, 1.807) is 16.3 Å². The molecular weight excluding hydrogens is 463 g/mol. The highest BCUT2D eigenvalue weighted by atomic mass is 79.9. The van der Waals surface area contributed by atoms with Crippen LogP contribution in [0.25, 0.3) is 0 Å². The van der Waals surface area contributed by atoms with Gasteiger partial charge in [-0.05, 0) is 54.9 Å². The van der Waals surface area contributed by atoms with Gasteiger partial charge in [0.25, 0.3) is 5.91 Å². The van der Waals surface area contributed by atoms with E-state index in [1.165, 1.54) is 23.5 Å². The highest BCUT2D eigenvalue weighted by Crippen LogP contribution is 2.29. The summed E-state index contributed by atoms with van der Waals surface area (Å²) in [4.78, 5) is 32.4. The van der Waals surface area contributed by atoms with Crippen molar-refractivity contribution in [2.75, 3.05) is 36.4 Å². The molecule has 1 fully saturated rings. The zero-order valence-corrected chi connectivity index (χ0v) is 18.8. The lowest BCUT2D eigenvalue weighted by Crippen LogP contribution is -2.50. The maximum absolute atomic E-state index is 13.8. The Bertz CT molecular complexity index is 907. The Morgan fingerprint density at radius 3 is 2.52 bits per heavy atom. The third kappa shape index (κ3) is 5.66. The molecule has 1 aliphatic heterocycles. The number of anilines is 2. The number of carbonyl (C=O) groups is 2. The van der Waals surface area contributed by atoms with Crippen LogP contribution in [0.5, 0.6) is 0 Å². The van der Waals surface area contributed by atoms with E-state index in [1.807, 2.05) is 25.7 Å². The minimum absolute atomic E-state index is 0.256. The second-order valence-electron chi connectivity index (χ2n) is 7.56. The maximum Gasteiger partial charge on any atom is 0.410 e. The molecule has 0 bridgehead atoms. The molecule has 1 aliphatic rings. The number of nitrogens with zero attached hydrogens (tertiary/aromatic N) is 3. The molecule has 0 aliphatic carbocycles. The molecule has 2 amide bonds. The standard InChI is InChI=1S/C19H22BrFN4O3S/c1-19(2,3)28-18(27)25-8-6-24(7-9-25)15-5-4-12(21)10-13(15)22-16(26)14-11-29-17(20)23-14/h4-5,10-11H,6-9H2,1-3H3,(H,22,26). The van der Waals surface area contributed by atoms with Crippen molar-refractivity contribution in [1.82, 2.24) is 9.88 Å². The van der Waals surface area contributed by atoms with Crippen LogP contribution < -0.4 is 10.2 Å². The summed E-state index contributed by atoms with van der Waals surface area (Å²) in [5.41, 5.74) is 0.766. The molecule has 0 saturated carbocycles.